The third kappa shape index (κ3) is 3.29. The molecule has 3 unspecified atom stereocenters. The van der Waals surface area contributed by atoms with Crippen LogP contribution in [0.1, 0.15) is 45.6 Å². The first kappa shape index (κ1) is 15.7. The summed E-state index contributed by atoms with van der Waals surface area (Å²) >= 11 is 6.45. The van der Waals surface area contributed by atoms with Crippen LogP contribution in [0.2, 0.25) is 5.02 Å². The van der Waals surface area contributed by atoms with E-state index in [1.165, 1.54) is 24.1 Å². The Bertz CT molecular complexity index is 447. The number of benzene rings is 1. The van der Waals surface area contributed by atoms with Crippen LogP contribution in [0.4, 0.5) is 5.69 Å². The van der Waals surface area contributed by atoms with E-state index in [-0.39, 0.29) is 6.04 Å². The van der Waals surface area contributed by atoms with E-state index in [9.17, 15) is 0 Å². The monoisotopic (exact) mass is 294 g/mol. The molecule has 1 aliphatic rings. The van der Waals surface area contributed by atoms with Gasteiger partial charge in [0.2, 0.25) is 0 Å². The standard InChI is InChI=1S/C17H27ClN2/c1-4-14(19)11-15-16(18)8-5-9-17(15)20-10-6-7-12(2)13(20)3/h5,8-9,12-14H,4,6-7,10-11,19H2,1-3H3. The summed E-state index contributed by atoms with van der Waals surface area (Å²) in [5, 5.41) is 0.858. The summed E-state index contributed by atoms with van der Waals surface area (Å²) in [6.45, 7) is 7.93. The number of halogens is 1. The highest BCUT2D eigenvalue weighted by Crippen LogP contribution is 2.34. The third-order valence-corrected chi connectivity index (χ3v) is 5.12. The number of hydrogen-bond acceptors (Lipinski definition) is 2. The maximum Gasteiger partial charge on any atom is 0.0459 e. The minimum absolute atomic E-state index is 0.186. The second-order valence-electron chi connectivity index (χ2n) is 6.16. The van der Waals surface area contributed by atoms with Crippen LogP contribution in [0, 0.1) is 5.92 Å². The van der Waals surface area contributed by atoms with E-state index < -0.39 is 0 Å². The molecule has 3 atom stereocenters. The molecule has 0 amide bonds. The molecule has 0 aromatic heterocycles. The van der Waals surface area contributed by atoms with Crippen molar-refractivity contribution in [2.75, 3.05) is 11.4 Å². The van der Waals surface area contributed by atoms with Gasteiger partial charge in [0.25, 0.3) is 0 Å². The average molecular weight is 295 g/mol. The van der Waals surface area contributed by atoms with Gasteiger partial charge in [-0.1, -0.05) is 31.5 Å². The maximum atomic E-state index is 6.45. The van der Waals surface area contributed by atoms with E-state index in [2.05, 4.69) is 37.8 Å². The summed E-state index contributed by atoms with van der Waals surface area (Å²) in [6.07, 6.45) is 4.43. The van der Waals surface area contributed by atoms with Gasteiger partial charge in [-0.3, -0.25) is 0 Å². The molecule has 1 aromatic carbocycles. The van der Waals surface area contributed by atoms with Gasteiger partial charge in [0.15, 0.2) is 0 Å². The lowest BCUT2D eigenvalue weighted by Gasteiger charge is -2.41. The predicted octanol–water partition coefficient (Wildman–Crippen LogP) is 4.24. The van der Waals surface area contributed by atoms with Crippen LogP contribution in [0.3, 0.4) is 0 Å². The smallest absolute Gasteiger partial charge is 0.0459 e. The topological polar surface area (TPSA) is 29.3 Å². The van der Waals surface area contributed by atoms with Crippen LogP contribution >= 0.6 is 11.6 Å². The Morgan fingerprint density at radius 2 is 2.15 bits per heavy atom. The minimum Gasteiger partial charge on any atom is -0.368 e. The van der Waals surface area contributed by atoms with Crippen LogP contribution in [-0.4, -0.2) is 18.6 Å². The lowest BCUT2D eigenvalue weighted by molar-refractivity contribution is 0.363. The van der Waals surface area contributed by atoms with Gasteiger partial charge in [-0.15, -0.1) is 0 Å². The fraction of sp³-hybridized carbons (Fsp3) is 0.647. The second kappa shape index (κ2) is 6.82. The summed E-state index contributed by atoms with van der Waals surface area (Å²) in [6, 6.07) is 7.01. The molecule has 0 aliphatic carbocycles. The number of anilines is 1. The van der Waals surface area contributed by atoms with Crippen molar-refractivity contribution in [1.29, 1.82) is 0 Å². The fourth-order valence-corrected chi connectivity index (χ4v) is 3.35. The number of rotatable bonds is 4. The minimum atomic E-state index is 0.186. The van der Waals surface area contributed by atoms with Crippen LogP contribution in [0.5, 0.6) is 0 Å². The van der Waals surface area contributed by atoms with Gasteiger partial charge in [0.05, 0.1) is 0 Å². The summed E-state index contributed by atoms with van der Waals surface area (Å²) in [5.41, 5.74) is 8.68. The van der Waals surface area contributed by atoms with E-state index in [0.29, 0.717) is 6.04 Å². The molecule has 2 N–H and O–H groups in total. The van der Waals surface area contributed by atoms with E-state index in [0.717, 1.165) is 30.3 Å². The highest BCUT2D eigenvalue weighted by molar-refractivity contribution is 6.31. The first-order valence-corrected chi connectivity index (χ1v) is 8.22. The molecule has 1 heterocycles. The predicted molar refractivity (Wildman–Crippen MR) is 88.6 cm³/mol. The van der Waals surface area contributed by atoms with E-state index in [4.69, 9.17) is 17.3 Å². The summed E-state index contributed by atoms with van der Waals surface area (Å²) in [7, 11) is 0. The largest absolute Gasteiger partial charge is 0.368 e. The van der Waals surface area contributed by atoms with Gasteiger partial charge in [0.1, 0.15) is 0 Å². The third-order valence-electron chi connectivity index (χ3n) is 4.77. The molecule has 0 spiro atoms. The Morgan fingerprint density at radius 3 is 2.85 bits per heavy atom. The molecule has 0 radical (unpaired) electrons. The molecule has 0 bridgehead atoms. The molecule has 112 valence electrons. The Morgan fingerprint density at radius 1 is 1.40 bits per heavy atom. The van der Waals surface area contributed by atoms with Crippen molar-refractivity contribution in [1.82, 2.24) is 0 Å². The number of hydrogen-bond donors (Lipinski definition) is 1. The molecule has 1 saturated heterocycles. The van der Waals surface area contributed by atoms with Gasteiger partial charge in [-0.2, -0.15) is 0 Å². The quantitative estimate of drug-likeness (QED) is 0.900. The highest BCUT2D eigenvalue weighted by Gasteiger charge is 2.27. The molecular weight excluding hydrogens is 268 g/mol. The summed E-state index contributed by atoms with van der Waals surface area (Å²) in [5.74, 6) is 0.732. The van der Waals surface area contributed by atoms with Gasteiger partial charge >= 0.3 is 0 Å². The maximum absolute atomic E-state index is 6.45. The molecule has 1 fully saturated rings. The lowest BCUT2D eigenvalue weighted by Crippen LogP contribution is -2.43. The van der Waals surface area contributed by atoms with Crippen molar-refractivity contribution in [3.8, 4) is 0 Å². The Balaban J connectivity index is 2.32. The van der Waals surface area contributed by atoms with Crippen LogP contribution in [0.15, 0.2) is 18.2 Å². The van der Waals surface area contributed by atoms with E-state index in [1.54, 1.807) is 0 Å². The van der Waals surface area contributed by atoms with Gasteiger partial charge in [-0.05, 0) is 56.2 Å². The fourth-order valence-electron chi connectivity index (χ4n) is 3.10. The molecule has 0 saturated carbocycles. The Labute approximate surface area is 128 Å². The summed E-state index contributed by atoms with van der Waals surface area (Å²) in [4.78, 5) is 2.53. The molecule has 1 aromatic rings. The SMILES string of the molecule is CCC(N)Cc1c(Cl)cccc1N1CCCC(C)C1C. The van der Waals surface area contributed by atoms with Crippen molar-refractivity contribution >= 4 is 17.3 Å². The molecule has 20 heavy (non-hydrogen) atoms. The Kier molecular flexibility index (Phi) is 5.34. The zero-order chi connectivity index (χ0) is 14.7. The van der Waals surface area contributed by atoms with Crippen molar-refractivity contribution in [2.24, 2.45) is 11.7 Å². The summed E-state index contributed by atoms with van der Waals surface area (Å²) < 4.78 is 0. The molecular formula is C17H27ClN2. The van der Waals surface area contributed by atoms with E-state index in [1.807, 2.05) is 6.07 Å². The van der Waals surface area contributed by atoms with Crippen LogP contribution in [0.25, 0.3) is 0 Å². The van der Waals surface area contributed by atoms with E-state index >= 15 is 0 Å². The van der Waals surface area contributed by atoms with Crippen molar-refractivity contribution in [3.05, 3.63) is 28.8 Å². The van der Waals surface area contributed by atoms with Gasteiger partial charge in [0, 0.05) is 29.3 Å². The second-order valence-corrected chi connectivity index (χ2v) is 6.57. The molecule has 2 rings (SSSR count). The Hall–Kier alpha value is -0.730. The van der Waals surface area contributed by atoms with Gasteiger partial charge in [-0.25, -0.2) is 0 Å². The zero-order valence-electron chi connectivity index (χ0n) is 12.9. The van der Waals surface area contributed by atoms with Gasteiger partial charge < -0.3 is 10.6 Å². The number of nitrogens with two attached hydrogens (primary N) is 1. The van der Waals surface area contributed by atoms with Crippen molar-refractivity contribution < 1.29 is 0 Å². The first-order chi connectivity index (χ1) is 9.54. The number of nitrogens with zero attached hydrogens (tertiary/aromatic N) is 1. The van der Waals surface area contributed by atoms with Crippen molar-refractivity contribution in [3.63, 3.8) is 0 Å². The normalized spacial score (nSPS) is 24.8. The first-order valence-electron chi connectivity index (χ1n) is 7.84. The molecule has 1 aliphatic heterocycles. The van der Waals surface area contributed by atoms with Crippen molar-refractivity contribution in [2.45, 2.75) is 58.5 Å². The number of piperidine rings is 1. The molecule has 3 heteroatoms. The highest BCUT2D eigenvalue weighted by atomic mass is 35.5. The molecule has 2 nitrogen and oxygen atoms in total. The zero-order valence-corrected chi connectivity index (χ0v) is 13.7. The average Bonchev–Trinajstić information content (AvgIpc) is 2.44. The van der Waals surface area contributed by atoms with Crippen LogP contribution < -0.4 is 10.6 Å². The lowest BCUT2D eigenvalue weighted by atomic mass is 9.90. The van der Waals surface area contributed by atoms with Crippen LogP contribution in [-0.2, 0) is 6.42 Å².